The summed E-state index contributed by atoms with van der Waals surface area (Å²) in [6.45, 7) is 5.47. The van der Waals surface area contributed by atoms with Crippen molar-refractivity contribution >= 4 is 15.9 Å². The number of hydrogen-bond acceptors (Lipinski definition) is 1. The Kier molecular flexibility index (Phi) is 4.44. The summed E-state index contributed by atoms with van der Waals surface area (Å²) < 4.78 is 13.7. The molecule has 1 unspecified atom stereocenters. The second kappa shape index (κ2) is 5.70. The molecule has 0 heterocycles. The van der Waals surface area contributed by atoms with Gasteiger partial charge in [-0.05, 0) is 65.2 Å². The number of hydrogen-bond donors (Lipinski definition) is 1. The summed E-state index contributed by atoms with van der Waals surface area (Å²) in [7, 11) is 0. The first-order valence-corrected chi connectivity index (χ1v) is 7.54. The van der Waals surface area contributed by atoms with Crippen molar-refractivity contribution in [2.75, 3.05) is 6.54 Å². The van der Waals surface area contributed by atoms with Crippen molar-refractivity contribution < 1.29 is 4.39 Å². The normalized spacial score (nSPS) is 18.7. The molecule has 18 heavy (non-hydrogen) atoms. The minimum absolute atomic E-state index is 0.199. The first kappa shape index (κ1) is 14.0. The van der Waals surface area contributed by atoms with E-state index in [2.05, 4.69) is 35.1 Å². The fraction of sp³-hybridized carbons (Fsp3) is 0.600. The molecule has 1 aromatic carbocycles. The molecule has 0 saturated heterocycles. The van der Waals surface area contributed by atoms with Crippen LogP contribution in [0.2, 0.25) is 0 Å². The lowest BCUT2D eigenvalue weighted by Crippen LogP contribution is -2.26. The van der Waals surface area contributed by atoms with Gasteiger partial charge in [-0.15, -0.1) is 0 Å². The van der Waals surface area contributed by atoms with E-state index in [1.807, 2.05) is 12.1 Å². The minimum atomic E-state index is -0.199. The lowest BCUT2D eigenvalue weighted by Gasteiger charge is -2.20. The summed E-state index contributed by atoms with van der Waals surface area (Å²) in [5.74, 6) is -0.199. The molecular formula is C15H21BrFN. The SMILES string of the molecule is CCCC1(CNC(C)c2ccc(F)c(Br)c2)CC1. The van der Waals surface area contributed by atoms with Crippen molar-refractivity contribution in [2.24, 2.45) is 5.41 Å². The van der Waals surface area contributed by atoms with E-state index in [4.69, 9.17) is 0 Å². The molecule has 3 heteroatoms. The largest absolute Gasteiger partial charge is 0.310 e. The Morgan fingerprint density at radius 3 is 2.72 bits per heavy atom. The summed E-state index contributed by atoms with van der Waals surface area (Å²) in [4.78, 5) is 0. The van der Waals surface area contributed by atoms with E-state index in [0.29, 0.717) is 9.89 Å². The van der Waals surface area contributed by atoms with Gasteiger partial charge >= 0.3 is 0 Å². The Labute approximate surface area is 117 Å². The van der Waals surface area contributed by atoms with Gasteiger partial charge in [0.1, 0.15) is 5.82 Å². The second-order valence-electron chi connectivity index (χ2n) is 5.53. The molecule has 1 fully saturated rings. The number of nitrogens with one attached hydrogen (secondary N) is 1. The number of rotatable bonds is 6. The maximum Gasteiger partial charge on any atom is 0.137 e. The standard InChI is InChI=1S/C15H21BrFN/c1-3-6-15(7-8-15)10-18-11(2)12-4-5-14(17)13(16)9-12/h4-5,9,11,18H,3,6-8,10H2,1-2H3. The third kappa shape index (κ3) is 3.33. The predicted octanol–water partition coefficient (Wildman–Crippen LogP) is 4.82. The van der Waals surface area contributed by atoms with Crippen LogP contribution in [-0.4, -0.2) is 6.54 Å². The summed E-state index contributed by atoms with van der Waals surface area (Å²) in [6, 6.07) is 5.52. The summed E-state index contributed by atoms with van der Waals surface area (Å²) in [6.07, 6.45) is 5.29. The topological polar surface area (TPSA) is 12.0 Å². The second-order valence-corrected chi connectivity index (χ2v) is 6.38. The van der Waals surface area contributed by atoms with Crippen LogP contribution in [0.25, 0.3) is 0 Å². The predicted molar refractivity (Wildman–Crippen MR) is 77.1 cm³/mol. The quantitative estimate of drug-likeness (QED) is 0.794. The maximum absolute atomic E-state index is 13.2. The van der Waals surface area contributed by atoms with E-state index >= 15 is 0 Å². The van der Waals surface area contributed by atoms with Gasteiger partial charge in [0.25, 0.3) is 0 Å². The Morgan fingerprint density at radius 2 is 2.17 bits per heavy atom. The van der Waals surface area contributed by atoms with Crippen molar-refractivity contribution in [3.05, 3.63) is 34.1 Å². The highest BCUT2D eigenvalue weighted by atomic mass is 79.9. The highest BCUT2D eigenvalue weighted by molar-refractivity contribution is 9.10. The molecule has 0 aliphatic heterocycles. The van der Waals surface area contributed by atoms with E-state index in [1.165, 1.54) is 31.7 Å². The van der Waals surface area contributed by atoms with Crippen LogP contribution in [-0.2, 0) is 0 Å². The first-order valence-electron chi connectivity index (χ1n) is 6.75. The van der Waals surface area contributed by atoms with Gasteiger partial charge in [0.15, 0.2) is 0 Å². The zero-order valence-corrected chi connectivity index (χ0v) is 12.7. The molecule has 2 rings (SSSR count). The van der Waals surface area contributed by atoms with Gasteiger partial charge in [-0.2, -0.15) is 0 Å². The summed E-state index contributed by atoms with van der Waals surface area (Å²) in [5.41, 5.74) is 1.69. The molecule has 1 aliphatic carbocycles. The van der Waals surface area contributed by atoms with Crippen LogP contribution in [0.5, 0.6) is 0 Å². The average molecular weight is 314 g/mol. The Balaban J connectivity index is 1.91. The molecule has 1 nitrogen and oxygen atoms in total. The monoisotopic (exact) mass is 313 g/mol. The molecule has 0 spiro atoms. The van der Waals surface area contributed by atoms with E-state index in [0.717, 1.165) is 12.1 Å². The minimum Gasteiger partial charge on any atom is -0.310 e. The maximum atomic E-state index is 13.2. The molecule has 0 radical (unpaired) electrons. The van der Waals surface area contributed by atoms with E-state index in [9.17, 15) is 4.39 Å². The van der Waals surface area contributed by atoms with Gasteiger partial charge in [0, 0.05) is 12.6 Å². The van der Waals surface area contributed by atoms with Gasteiger partial charge < -0.3 is 5.32 Å². The highest BCUT2D eigenvalue weighted by Gasteiger charge is 2.41. The zero-order valence-electron chi connectivity index (χ0n) is 11.1. The summed E-state index contributed by atoms with van der Waals surface area (Å²) >= 11 is 3.24. The van der Waals surface area contributed by atoms with Gasteiger partial charge in [-0.25, -0.2) is 4.39 Å². The molecule has 1 N–H and O–H groups in total. The van der Waals surface area contributed by atoms with Gasteiger partial charge in [-0.3, -0.25) is 0 Å². The van der Waals surface area contributed by atoms with E-state index in [1.54, 1.807) is 0 Å². The van der Waals surface area contributed by atoms with Crippen LogP contribution in [0.4, 0.5) is 4.39 Å². The smallest absolute Gasteiger partial charge is 0.137 e. The number of halogens is 2. The van der Waals surface area contributed by atoms with Crippen molar-refractivity contribution in [3.8, 4) is 0 Å². The van der Waals surface area contributed by atoms with Crippen LogP contribution in [0.3, 0.4) is 0 Å². The fourth-order valence-corrected chi connectivity index (χ4v) is 2.89. The third-order valence-electron chi connectivity index (χ3n) is 3.96. The van der Waals surface area contributed by atoms with Crippen LogP contribution in [0, 0.1) is 11.2 Å². The van der Waals surface area contributed by atoms with Crippen molar-refractivity contribution in [1.82, 2.24) is 5.32 Å². The van der Waals surface area contributed by atoms with Crippen LogP contribution >= 0.6 is 15.9 Å². The molecule has 1 aliphatic rings. The Hall–Kier alpha value is -0.410. The van der Waals surface area contributed by atoms with Crippen LogP contribution < -0.4 is 5.32 Å². The molecule has 0 bridgehead atoms. The van der Waals surface area contributed by atoms with Gasteiger partial charge in [0.05, 0.1) is 4.47 Å². The molecule has 100 valence electrons. The van der Waals surface area contributed by atoms with Crippen LogP contribution in [0.15, 0.2) is 22.7 Å². The molecule has 1 atom stereocenters. The molecule has 0 aromatic heterocycles. The van der Waals surface area contributed by atoms with Crippen molar-refractivity contribution in [2.45, 2.75) is 45.6 Å². The lowest BCUT2D eigenvalue weighted by molar-refractivity contribution is 0.397. The Bertz CT molecular complexity index is 415. The summed E-state index contributed by atoms with van der Waals surface area (Å²) in [5, 5.41) is 3.59. The number of benzene rings is 1. The lowest BCUT2D eigenvalue weighted by atomic mass is 9.99. The van der Waals surface area contributed by atoms with Gasteiger partial charge in [0.2, 0.25) is 0 Å². The molecular weight excluding hydrogens is 293 g/mol. The third-order valence-corrected chi connectivity index (χ3v) is 4.57. The van der Waals surface area contributed by atoms with Crippen molar-refractivity contribution in [1.29, 1.82) is 0 Å². The molecule has 0 amide bonds. The first-order chi connectivity index (χ1) is 8.56. The van der Waals surface area contributed by atoms with Gasteiger partial charge in [-0.1, -0.05) is 19.4 Å². The van der Waals surface area contributed by atoms with E-state index < -0.39 is 0 Å². The van der Waals surface area contributed by atoms with Crippen LogP contribution in [0.1, 0.15) is 51.1 Å². The molecule has 1 aromatic rings. The van der Waals surface area contributed by atoms with Crippen molar-refractivity contribution in [3.63, 3.8) is 0 Å². The Morgan fingerprint density at radius 1 is 1.44 bits per heavy atom. The van der Waals surface area contributed by atoms with E-state index in [-0.39, 0.29) is 11.9 Å². The zero-order chi connectivity index (χ0) is 13.2. The molecule has 1 saturated carbocycles. The fourth-order valence-electron chi connectivity index (χ4n) is 2.49. The highest BCUT2D eigenvalue weighted by Crippen LogP contribution is 2.49. The average Bonchev–Trinajstić information content (AvgIpc) is 3.11.